The van der Waals surface area contributed by atoms with Crippen LogP contribution in [0.2, 0.25) is 0 Å². The highest BCUT2D eigenvalue weighted by Crippen LogP contribution is 2.22. The number of hydrogen-bond donors (Lipinski definition) is 1. The molecule has 2 fully saturated rings. The number of likely N-dealkylation sites (tertiary alicyclic amines) is 1. The molecular formula is C20H31N3O. The molecule has 0 spiro atoms. The van der Waals surface area contributed by atoms with E-state index in [0.717, 1.165) is 39.4 Å². The predicted octanol–water partition coefficient (Wildman–Crippen LogP) is 2.65. The largest absolute Gasteiger partial charge is 0.378 e. The molecule has 3 rings (SSSR count). The van der Waals surface area contributed by atoms with Gasteiger partial charge < -0.3 is 15.0 Å². The van der Waals surface area contributed by atoms with Gasteiger partial charge >= 0.3 is 0 Å². The normalized spacial score (nSPS) is 20.3. The number of ether oxygens (including phenoxy) is 1. The van der Waals surface area contributed by atoms with E-state index >= 15 is 0 Å². The second-order valence-electron chi connectivity index (χ2n) is 7.12. The number of morpholine rings is 1. The Bertz CT molecular complexity index is 531. The summed E-state index contributed by atoms with van der Waals surface area (Å²) in [6, 6.07) is 9.43. The molecule has 1 aromatic carbocycles. The molecule has 0 aromatic heterocycles. The van der Waals surface area contributed by atoms with Crippen molar-refractivity contribution in [1.82, 2.24) is 10.2 Å². The van der Waals surface area contributed by atoms with E-state index in [9.17, 15) is 0 Å². The number of hydrogen-bond acceptors (Lipinski definition) is 4. The van der Waals surface area contributed by atoms with Gasteiger partial charge in [0.1, 0.15) is 0 Å². The molecule has 0 atom stereocenters. The molecule has 0 saturated carbocycles. The van der Waals surface area contributed by atoms with E-state index in [1.54, 1.807) is 0 Å². The van der Waals surface area contributed by atoms with Gasteiger partial charge in [-0.15, -0.1) is 0 Å². The third-order valence-corrected chi connectivity index (χ3v) is 5.01. The van der Waals surface area contributed by atoms with Crippen molar-refractivity contribution in [2.75, 3.05) is 50.8 Å². The molecule has 1 N–H and O–H groups in total. The van der Waals surface area contributed by atoms with Crippen LogP contribution in [0.1, 0.15) is 25.3 Å². The lowest BCUT2D eigenvalue weighted by Crippen LogP contribution is -2.43. The third kappa shape index (κ3) is 4.82. The lowest BCUT2D eigenvalue weighted by Gasteiger charge is -2.33. The van der Waals surface area contributed by atoms with Crippen LogP contribution < -0.4 is 10.2 Å². The predicted molar refractivity (Wildman–Crippen MR) is 101 cm³/mol. The number of piperidine rings is 1. The van der Waals surface area contributed by atoms with Crippen LogP contribution in [0.15, 0.2) is 36.4 Å². The Kier molecular flexibility index (Phi) is 6.30. The van der Waals surface area contributed by atoms with Crippen molar-refractivity contribution >= 4 is 5.69 Å². The van der Waals surface area contributed by atoms with Gasteiger partial charge in [0, 0.05) is 37.9 Å². The fourth-order valence-electron chi connectivity index (χ4n) is 3.70. The Morgan fingerprint density at radius 2 is 1.88 bits per heavy atom. The molecule has 0 unspecified atom stereocenters. The average Bonchev–Trinajstić information content (AvgIpc) is 2.62. The van der Waals surface area contributed by atoms with Crippen molar-refractivity contribution in [3.63, 3.8) is 0 Å². The third-order valence-electron chi connectivity index (χ3n) is 5.01. The van der Waals surface area contributed by atoms with Gasteiger partial charge in [0.15, 0.2) is 0 Å². The monoisotopic (exact) mass is 329 g/mol. The van der Waals surface area contributed by atoms with Crippen LogP contribution in [-0.4, -0.2) is 56.9 Å². The molecule has 24 heavy (non-hydrogen) atoms. The first-order valence-electron chi connectivity index (χ1n) is 9.23. The molecule has 1 aromatic rings. The number of rotatable bonds is 6. The van der Waals surface area contributed by atoms with Gasteiger partial charge in [-0.25, -0.2) is 0 Å². The fourth-order valence-corrected chi connectivity index (χ4v) is 3.70. The maximum absolute atomic E-state index is 5.49. The Labute approximate surface area is 146 Å². The molecule has 2 heterocycles. The van der Waals surface area contributed by atoms with E-state index in [0.29, 0.717) is 6.04 Å². The van der Waals surface area contributed by atoms with Crippen LogP contribution in [0.4, 0.5) is 5.69 Å². The summed E-state index contributed by atoms with van der Waals surface area (Å²) in [7, 11) is 0. The molecule has 0 amide bonds. The zero-order chi connectivity index (χ0) is 16.8. The first kappa shape index (κ1) is 17.5. The number of nitrogens with zero attached hydrogens (tertiary/aromatic N) is 2. The Balaban J connectivity index is 1.51. The zero-order valence-electron chi connectivity index (χ0n) is 15.0. The van der Waals surface area contributed by atoms with Crippen LogP contribution in [0.5, 0.6) is 0 Å². The van der Waals surface area contributed by atoms with Crippen LogP contribution in [-0.2, 0) is 11.3 Å². The van der Waals surface area contributed by atoms with E-state index in [-0.39, 0.29) is 0 Å². The lowest BCUT2D eigenvalue weighted by atomic mass is 10.0. The topological polar surface area (TPSA) is 27.7 Å². The van der Waals surface area contributed by atoms with E-state index in [1.807, 2.05) is 0 Å². The molecule has 2 aliphatic rings. The Hall–Kier alpha value is -1.36. The van der Waals surface area contributed by atoms with E-state index in [1.165, 1.54) is 42.8 Å². The molecule has 4 heteroatoms. The standard InChI is InChI=1S/C20H31N3O/c1-17(2)16-22-9-7-19(8-10-22)21-15-18-5-3-4-6-20(18)23-11-13-24-14-12-23/h3-6,19,21H,1,7-16H2,2H3. The summed E-state index contributed by atoms with van der Waals surface area (Å²) in [6.45, 7) is 14.2. The number of anilines is 1. The highest BCUT2D eigenvalue weighted by Gasteiger charge is 2.19. The van der Waals surface area contributed by atoms with Crippen molar-refractivity contribution < 1.29 is 4.74 Å². The zero-order valence-corrected chi connectivity index (χ0v) is 15.0. The number of nitrogens with one attached hydrogen (secondary N) is 1. The Morgan fingerprint density at radius 1 is 1.17 bits per heavy atom. The average molecular weight is 329 g/mol. The lowest BCUT2D eigenvalue weighted by molar-refractivity contribution is 0.122. The molecule has 2 saturated heterocycles. The maximum atomic E-state index is 5.49. The van der Waals surface area contributed by atoms with Crippen LogP contribution in [0.3, 0.4) is 0 Å². The van der Waals surface area contributed by atoms with Crippen LogP contribution in [0.25, 0.3) is 0 Å². The van der Waals surface area contributed by atoms with Gasteiger partial charge in [-0.05, 0) is 44.5 Å². The second kappa shape index (κ2) is 8.65. The highest BCUT2D eigenvalue weighted by atomic mass is 16.5. The molecular weight excluding hydrogens is 298 g/mol. The highest BCUT2D eigenvalue weighted by molar-refractivity contribution is 5.53. The fraction of sp³-hybridized carbons (Fsp3) is 0.600. The summed E-state index contributed by atoms with van der Waals surface area (Å²) in [5, 5.41) is 3.78. The second-order valence-corrected chi connectivity index (χ2v) is 7.12. The summed E-state index contributed by atoms with van der Waals surface area (Å²) >= 11 is 0. The minimum Gasteiger partial charge on any atom is -0.378 e. The van der Waals surface area contributed by atoms with E-state index in [4.69, 9.17) is 4.74 Å². The first-order chi connectivity index (χ1) is 11.7. The van der Waals surface area contributed by atoms with Crippen molar-refractivity contribution in [3.8, 4) is 0 Å². The van der Waals surface area contributed by atoms with Gasteiger partial charge in [0.05, 0.1) is 13.2 Å². The van der Waals surface area contributed by atoms with Gasteiger partial charge in [-0.2, -0.15) is 0 Å². The van der Waals surface area contributed by atoms with Crippen molar-refractivity contribution in [2.45, 2.75) is 32.4 Å². The van der Waals surface area contributed by atoms with Crippen LogP contribution in [0, 0.1) is 0 Å². The van der Waals surface area contributed by atoms with Crippen LogP contribution >= 0.6 is 0 Å². The van der Waals surface area contributed by atoms with E-state index in [2.05, 4.69) is 52.9 Å². The molecule has 0 bridgehead atoms. The summed E-state index contributed by atoms with van der Waals surface area (Å²) in [6.07, 6.45) is 2.46. The summed E-state index contributed by atoms with van der Waals surface area (Å²) in [4.78, 5) is 4.97. The molecule has 4 nitrogen and oxygen atoms in total. The molecule has 0 radical (unpaired) electrons. The van der Waals surface area contributed by atoms with Crippen molar-refractivity contribution in [2.24, 2.45) is 0 Å². The molecule has 0 aliphatic carbocycles. The smallest absolute Gasteiger partial charge is 0.0642 e. The molecule has 132 valence electrons. The quantitative estimate of drug-likeness (QED) is 0.812. The maximum Gasteiger partial charge on any atom is 0.0642 e. The Morgan fingerprint density at radius 3 is 2.58 bits per heavy atom. The van der Waals surface area contributed by atoms with Gasteiger partial charge in [0.25, 0.3) is 0 Å². The van der Waals surface area contributed by atoms with Gasteiger partial charge in [-0.1, -0.05) is 30.4 Å². The summed E-state index contributed by atoms with van der Waals surface area (Å²) < 4.78 is 5.49. The number of para-hydroxylation sites is 1. The summed E-state index contributed by atoms with van der Waals surface area (Å²) in [5.74, 6) is 0. The van der Waals surface area contributed by atoms with Gasteiger partial charge in [0.2, 0.25) is 0 Å². The summed E-state index contributed by atoms with van der Waals surface area (Å²) in [5.41, 5.74) is 4.04. The number of benzene rings is 1. The van der Waals surface area contributed by atoms with Crippen molar-refractivity contribution in [1.29, 1.82) is 0 Å². The molecule has 2 aliphatic heterocycles. The first-order valence-corrected chi connectivity index (χ1v) is 9.23. The minimum atomic E-state index is 0.629. The minimum absolute atomic E-state index is 0.629. The van der Waals surface area contributed by atoms with Gasteiger partial charge in [-0.3, -0.25) is 4.90 Å². The SMILES string of the molecule is C=C(C)CN1CCC(NCc2ccccc2N2CCOCC2)CC1. The van der Waals surface area contributed by atoms with Crippen molar-refractivity contribution in [3.05, 3.63) is 42.0 Å². The van der Waals surface area contributed by atoms with E-state index < -0.39 is 0 Å².